The van der Waals surface area contributed by atoms with Crippen LogP contribution in [-0.2, 0) is 19.1 Å². The fourth-order valence-corrected chi connectivity index (χ4v) is 3.50. The fourth-order valence-electron chi connectivity index (χ4n) is 3.50. The van der Waals surface area contributed by atoms with Crippen molar-refractivity contribution in [2.45, 2.75) is 19.8 Å². The molecular formula is C19H24N2O8. The van der Waals surface area contributed by atoms with Gasteiger partial charge in [0.15, 0.2) is 18.1 Å². The smallest absolute Gasteiger partial charge is 0.307 e. The number of nitro groups is 1. The molecule has 158 valence electrons. The van der Waals surface area contributed by atoms with Gasteiger partial charge in [0.1, 0.15) is 5.78 Å². The molecule has 10 heteroatoms. The molecule has 1 aliphatic rings. The van der Waals surface area contributed by atoms with E-state index in [9.17, 15) is 24.5 Å². The number of hydrogen-bond acceptors (Lipinski definition) is 8. The maximum atomic E-state index is 12.1. The lowest BCUT2D eigenvalue weighted by Gasteiger charge is -2.17. The number of amides is 1. The van der Waals surface area contributed by atoms with Gasteiger partial charge in [-0.05, 0) is 18.1 Å². The molecule has 0 spiro atoms. The number of carbonyl (C=O) groups is 3. The third kappa shape index (κ3) is 5.90. The third-order valence-electron chi connectivity index (χ3n) is 4.96. The topological polar surface area (TPSA) is 134 Å². The molecule has 1 saturated carbocycles. The standard InChI is InChI=1S/C19H24N2O8/c1-11-6-15(22)13(14(11)9-21(25)26)8-19(24)29-10-18(23)20-12-4-5-16(27-2)17(7-12)28-3/h4-5,7,11,13-14H,6,8-10H2,1-3H3,(H,20,23)/t11-,13-,14-/m1/s1. The van der Waals surface area contributed by atoms with Crippen LogP contribution in [0.15, 0.2) is 18.2 Å². The highest BCUT2D eigenvalue weighted by Crippen LogP contribution is 2.36. The number of rotatable bonds is 9. The van der Waals surface area contributed by atoms with Crippen molar-refractivity contribution in [3.05, 3.63) is 28.3 Å². The lowest BCUT2D eigenvalue weighted by atomic mass is 9.88. The monoisotopic (exact) mass is 408 g/mol. The normalized spacial score (nSPS) is 20.8. The number of esters is 1. The van der Waals surface area contributed by atoms with Crippen molar-refractivity contribution in [2.24, 2.45) is 17.8 Å². The average molecular weight is 408 g/mol. The zero-order valence-corrected chi connectivity index (χ0v) is 16.5. The minimum absolute atomic E-state index is 0.168. The van der Waals surface area contributed by atoms with Crippen LogP contribution in [0.4, 0.5) is 5.69 Å². The van der Waals surface area contributed by atoms with Gasteiger partial charge in [0, 0.05) is 34.9 Å². The predicted molar refractivity (Wildman–Crippen MR) is 101 cm³/mol. The van der Waals surface area contributed by atoms with Crippen LogP contribution in [0.1, 0.15) is 19.8 Å². The molecule has 0 heterocycles. The zero-order chi connectivity index (χ0) is 21.6. The SMILES string of the molecule is COc1ccc(NC(=O)COC(=O)C[C@H]2C(=O)C[C@@H](C)[C@H]2C[N+](=O)[O-])cc1OC. The van der Waals surface area contributed by atoms with Crippen LogP contribution in [0.25, 0.3) is 0 Å². The molecule has 0 saturated heterocycles. The van der Waals surface area contributed by atoms with Gasteiger partial charge in [0.05, 0.1) is 20.6 Å². The number of Topliss-reactive ketones (excluding diaryl/α,β-unsaturated/α-hetero) is 1. The molecule has 1 aliphatic carbocycles. The summed E-state index contributed by atoms with van der Waals surface area (Å²) in [6.07, 6.45) is -0.0679. The van der Waals surface area contributed by atoms with Gasteiger partial charge in [-0.25, -0.2) is 0 Å². The van der Waals surface area contributed by atoms with E-state index in [4.69, 9.17) is 14.2 Å². The number of ether oxygens (including phenoxy) is 3. The molecule has 1 aromatic rings. The van der Waals surface area contributed by atoms with E-state index in [1.54, 1.807) is 25.1 Å². The molecule has 2 rings (SSSR count). The van der Waals surface area contributed by atoms with Crippen LogP contribution in [-0.4, -0.2) is 50.0 Å². The van der Waals surface area contributed by atoms with Gasteiger partial charge in [-0.2, -0.15) is 0 Å². The third-order valence-corrected chi connectivity index (χ3v) is 4.96. The van der Waals surface area contributed by atoms with Crippen LogP contribution in [0.5, 0.6) is 11.5 Å². The van der Waals surface area contributed by atoms with E-state index in [0.717, 1.165) is 0 Å². The summed E-state index contributed by atoms with van der Waals surface area (Å²) in [5.74, 6) is -2.01. The van der Waals surface area contributed by atoms with E-state index in [-0.39, 0.29) is 31.1 Å². The summed E-state index contributed by atoms with van der Waals surface area (Å²) < 4.78 is 15.2. The Morgan fingerprint density at radius 2 is 1.93 bits per heavy atom. The van der Waals surface area contributed by atoms with E-state index in [1.165, 1.54) is 14.2 Å². The maximum absolute atomic E-state index is 12.1. The Morgan fingerprint density at radius 3 is 2.55 bits per heavy atom. The van der Waals surface area contributed by atoms with E-state index in [1.807, 2.05) is 0 Å². The number of nitrogens with one attached hydrogen (secondary N) is 1. The molecule has 0 aromatic heterocycles. The summed E-state index contributed by atoms with van der Waals surface area (Å²) in [5.41, 5.74) is 0.426. The molecule has 1 fully saturated rings. The summed E-state index contributed by atoms with van der Waals surface area (Å²) in [4.78, 5) is 46.5. The molecule has 10 nitrogen and oxygen atoms in total. The van der Waals surface area contributed by atoms with Gasteiger partial charge < -0.3 is 19.5 Å². The Kier molecular flexibility index (Phi) is 7.52. The molecule has 29 heavy (non-hydrogen) atoms. The first kappa shape index (κ1) is 22.1. The van der Waals surface area contributed by atoms with Crippen LogP contribution in [0.3, 0.4) is 0 Å². The van der Waals surface area contributed by atoms with Gasteiger partial charge in [-0.1, -0.05) is 6.92 Å². The molecular weight excluding hydrogens is 384 g/mol. The number of benzene rings is 1. The molecule has 1 aromatic carbocycles. The Morgan fingerprint density at radius 1 is 1.24 bits per heavy atom. The summed E-state index contributed by atoms with van der Waals surface area (Å²) >= 11 is 0. The Balaban J connectivity index is 1.87. The van der Waals surface area contributed by atoms with Crippen molar-refractivity contribution in [1.82, 2.24) is 0 Å². The second-order valence-electron chi connectivity index (χ2n) is 6.92. The second kappa shape index (κ2) is 9.85. The highest BCUT2D eigenvalue weighted by atomic mass is 16.6. The first-order valence-electron chi connectivity index (χ1n) is 9.07. The lowest BCUT2D eigenvalue weighted by Crippen LogP contribution is -2.28. The van der Waals surface area contributed by atoms with Crippen molar-refractivity contribution >= 4 is 23.3 Å². The first-order valence-corrected chi connectivity index (χ1v) is 9.07. The van der Waals surface area contributed by atoms with Gasteiger partial charge in [-0.3, -0.25) is 24.5 Å². The fraction of sp³-hybridized carbons (Fsp3) is 0.526. The van der Waals surface area contributed by atoms with Gasteiger partial charge in [-0.15, -0.1) is 0 Å². The van der Waals surface area contributed by atoms with Crippen molar-refractivity contribution in [3.8, 4) is 11.5 Å². The number of methoxy groups -OCH3 is 2. The summed E-state index contributed by atoms with van der Waals surface area (Å²) in [6.45, 7) is 0.849. The van der Waals surface area contributed by atoms with Crippen molar-refractivity contribution in [2.75, 3.05) is 32.7 Å². The number of ketones is 1. The van der Waals surface area contributed by atoms with Crippen molar-refractivity contribution < 1.29 is 33.5 Å². The van der Waals surface area contributed by atoms with E-state index in [2.05, 4.69) is 5.32 Å². The minimum atomic E-state index is -0.753. The average Bonchev–Trinajstić information content (AvgIpc) is 2.92. The molecule has 1 N–H and O–H groups in total. The number of nitrogens with zero attached hydrogens (tertiary/aromatic N) is 1. The second-order valence-corrected chi connectivity index (χ2v) is 6.92. The van der Waals surface area contributed by atoms with Gasteiger partial charge in [0.2, 0.25) is 6.54 Å². The molecule has 0 radical (unpaired) electrons. The molecule has 0 aliphatic heterocycles. The molecule has 3 atom stereocenters. The van der Waals surface area contributed by atoms with Gasteiger partial charge in [0.25, 0.3) is 5.91 Å². The maximum Gasteiger partial charge on any atom is 0.307 e. The van der Waals surface area contributed by atoms with Crippen LogP contribution >= 0.6 is 0 Å². The minimum Gasteiger partial charge on any atom is -0.493 e. The molecule has 0 unspecified atom stereocenters. The predicted octanol–water partition coefficient (Wildman–Crippen LogP) is 1.69. The lowest BCUT2D eigenvalue weighted by molar-refractivity contribution is -0.490. The Labute approximate surface area is 167 Å². The number of anilines is 1. The van der Waals surface area contributed by atoms with Crippen molar-refractivity contribution in [1.29, 1.82) is 0 Å². The quantitative estimate of drug-likeness (QED) is 0.371. The summed E-state index contributed by atoms with van der Waals surface area (Å²) in [5, 5.41) is 13.4. The molecule has 0 bridgehead atoms. The van der Waals surface area contributed by atoms with E-state index in [0.29, 0.717) is 17.2 Å². The number of hydrogen-bond donors (Lipinski definition) is 1. The van der Waals surface area contributed by atoms with Crippen molar-refractivity contribution in [3.63, 3.8) is 0 Å². The van der Waals surface area contributed by atoms with E-state index >= 15 is 0 Å². The Hall–Kier alpha value is -3.17. The largest absolute Gasteiger partial charge is 0.493 e. The first-order chi connectivity index (χ1) is 13.7. The zero-order valence-electron chi connectivity index (χ0n) is 16.5. The van der Waals surface area contributed by atoms with E-state index < -0.39 is 35.2 Å². The molecule has 1 amide bonds. The van der Waals surface area contributed by atoms with Gasteiger partial charge >= 0.3 is 5.97 Å². The highest BCUT2D eigenvalue weighted by Gasteiger charge is 2.44. The summed E-state index contributed by atoms with van der Waals surface area (Å²) in [7, 11) is 2.95. The van der Waals surface area contributed by atoms with Crippen LogP contribution < -0.4 is 14.8 Å². The Bertz CT molecular complexity index is 794. The van der Waals surface area contributed by atoms with Crippen LogP contribution in [0.2, 0.25) is 0 Å². The summed E-state index contributed by atoms with van der Waals surface area (Å²) in [6, 6.07) is 4.77. The van der Waals surface area contributed by atoms with Crippen LogP contribution in [0, 0.1) is 27.9 Å². The highest BCUT2D eigenvalue weighted by molar-refractivity contribution is 5.93. The number of carbonyl (C=O) groups excluding carboxylic acids is 3.